The lowest BCUT2D eigenvalue weighted by atomic mass is 9.94. The van der Waals surface area contributed by atoms with Gasteiger partial charge in [0.1, 0.15) is 0 Å². The van der Waals surface area contributed by atoms with Crippen molar-refractivity contribution in [1.82, 2.24) is 0 Å². The molecule has 1 atom stereocenters. The van der Waals surface area contributed by atoms with Gasteiger partial charge in [0.2, 0.25) is 0 Å². The minimum Gasteiger partial charge on any atom is -0.393 e. The molecule has 2 rings (SSSR count). The minimum absolute atomic E-state index is 0.158. The monoisotopic (exact) mass is 210 g/mol. The van der Waals surface area contributed by atoms with Crippen LogP contribution in [-0.2, 0) is 19.3 Å². The van der Waals surface area contributed by atoms with E-state index in [1.807, 2.05) is 18.3 Å². The standard InChI is InChI=1S/C12H18OS/c1-9(13)6-7-10-8-14-12-5-3-2-4-11(10)12/h8-9,13H,2-7H2,1H3/t9-/m0/s1. The topological polar surface area (TPSA) is 20.2 Å². The lowest BCUT2D eigenvalue weighted by molar-refractivity contribution is 0.185. The van der Waals surface area contributed by atoms with E-state index in [1.54, 1.807) is 10.4 Å². The molecular formula is C12H18OS. The summed E-state index contributed by atoms with van der Waals surface area (Å²) in [5.74, 6) is 0. The Kier molecular flexibility index (Phi) is 3.24. The van der Waals surface area contributed by atoms with Crippen molar-refractivity contribution in [3.05, 3.63) is 21.4 Å². The van der Waals surface area contributed by atoms with Crippen LogP contribution < -0.4 is 0 Å². The molecule has 0 radical (unpaired) electrons. The van der Waals surface area contributed by atoms with E-state index in [9.17, 15) is 5.11 Å². The highest BCUT2D eigenvalue weighted by molar-refractivity contribution is 7.10. The van der Waals surface area contributed by atoms with Gasteiger partial charge in [0.05, 0.1) is 6.10 Å². The van der Waals surface area contributed by atoms with Crippen molar-refractivity contribution < 1.29 is 5.11 Å². The molecule has 78 valence electrons. The van der Waals surface area contributed by atoms with Crippen LogP contribution in [0.5, 0.6) is 0 Å². The molecule has 1 nitrogen and oxygen atoms in total. The first-order chi connectivity index (χ1) is 6.77. The Morgan fingerprint density at radius 1 is 1.43 bits per heavy atom. The second kappa shape index (κ2) is 4.45. The van der Waals surface area contributed by atoms with Crippen LogP contribution in [0.2, 0.25) is 0 Å². The third-order valence-electron chi connectivity index (χ3n) is 2.98. The fraction of sp³-hybridized carbons (Fsp3) is 0.667. The van der Waals surface area contributed by atoms with Gasteiger partial charge in [-0.1, -0.05) is 0 Å². The van der Waals surface area contributed by atoms with Gasteiger partial charge in [-0.25, -0.2) is 0 Å². The Bertz CT molecular complexity index is 301. The molecule has 1 heterocycles. The van der Waals surface area contributed by atoms with Gasteiger partial charge in [-0.3, -0.25) is 0 Å². The van der Waals surface area contributed by atoms with Crippen LogP contribution in [0.4, 0.5) is 0 Å². The van der Waals surface area contributed by atoms with Crippen LogP contribution >= 0.6 is 11.3 Å². The second-order valence-corrected chi connectivity index (χ2v) is 5.22. The van der Waals surface area contributed by atoms with Gasteiger partial charge < -0.3 is 5.11 Å². The third kappa shape index (κ3) is 2.18. The first kappa shape index (κ1) is 10.2. The fourth-order valence-electron chi connectivity index (χ4n) is 2.13. The summed E-state index contributed by atoms with van der Waals surface area (Å²) >= 11 is 1.92. The highest BCUT2D eigenvalue weighted by Gasteiger charge is 2.15. The molecule has 0 aromatic carbocycles. The molecule has 0 spiro atoms. The van der Waals surface area contributed by atoms with Crippen molar-refractivity contribution in [2.45, 2.75) is 51.6 Å². The van der Waals surface area contributed by atoms with E-state index in [0.29, 0.717) is 0 Å². The van der Waals surface area contributed by atoms with Crippen molar-refractivity contribution in [2.75, 3.05) is 0 Å². The highest BCUT2D eigenvalue weighted by atomic mass is 32.1. The average molecular weight is 210 g/mol. The Labute approximate surface area is 89.8 Å². The summed E-state index contributed by atoms with van der Waals surface area (Å²) in [6.07, 6.45) is 7.08. The number of rotatable bonds is 3. The maximum atomic E-state index is 9.26. The van der Waals surface area contributed by atoms with Crippen LogP contribution in [0.1, 0.15) is 42.2 Å². The van der Waals surface area contributed by atoms with E-state index in [0.717, 1.165) is 12.8 Å². The predicted molar refractivity (Wildman–Crippen MR) is 61.0 cm³/mol. The van der Waals surface area contributed by atoms with E-state index in [1.165, 1.54) is 31.2 Å². The van der Waals surface area contributed by atoms with E-state index < -0.39 is 0 Å². The Morgan fingerprint density at radius 3 is 3.00 bits per heavy atom. The fourth-order valence-corrected chi connectivity index (χ4v) is 3.32. The van der Waals surface area contributed by atoms with Gasteiger partial charge >= 0.3 is 0 Å². The van der Waals surface area contributed by atoms with Crippen LogP contribution in [0, 0.1) is 0 Å². The molecule has 0 unspecified atom stereocenters. The summed E-state index contributed by atoms with van der Waals surface area (Å²) in [5, 5.41) is 11.6. The van der Waals surface area contributed by atoms with E-state index in [2.05, 4.69) is 5.38 Å². The van der Waals surface area contributed by atoms with E-state index >= 15 is 0 Å². The van der Waals surface area contributed by atoms with Crippen molar-refractivity contribution in [1.29, 1.82) is 0 Å². The average Bonchev–Trinajstić information content (AvgIpc) is 2.58. The Hall–Kier alpha value is -0.340. The molecule has 0 saturated heterocycles. The van der Waals surface area contributed by atoms with Crippen LogP contribution in [0.3, 0.4) is 0 Å². The molecule has 1 N–H and O–H groups in total. The van der Waals surface area contributed by atoms with Crippen molar-refractivity contribution in [3.8, 4) is 0 Å². The second-order valence-electron chi connectivity index (χ2n) is 4.26. The maximum Gasteiger partial charge on any atom is 0.0515 e. The van der Waals surface area contributed by atoms with Crippen molar-refractivity contribution in [2.24, 2.45) is 0 Å². The molecular weight excluding hydrogens is 192 g/mol. The molecule has 1 aliphatic carbocycles. The molecule has 14 heavy (non-hydrogen) atoms. The molecule has 1 aromatic heterocycles. The quantitative estimate of drug-likeness (QED) is 0.813. The predicted octanol–water partition coefficient (Wildman–Crippen LogP) is 2.94. The third-order valence-corrected chi connectivity index (χ3v) is 4.12. The van der Waals surface area contributed by atoms with Gasteiger partial charge in [-0.05, 0) is 62.0 Å². The molecule has 0 saturated carbocycles. The zero-order valence-electron chi connectivity index (χ0n) is 8.75. The molecule has 0 fully saturated rings. The van der Waals surface area contributed by atoms with Gasteiger partial charge in [-0.15, -0.1) is 11.3 Å². The lowest BCUT2D eigenvalue weighted by Crippen LogP contribution is -2.05. The van der Waals surface area contributed by atoms with Crippen molar-refractivity contribution >= 4 is 11.3 Å². The summed E-state index contributed by atoms with van der Waals surface area (Å²) in [4.78, 5) is 1.61. The number of aliphatic hydroxyl groups excluding tert-OH is 1. The van der Waals surface area contributed by atoms with Gasteiger partial charge in [0.25, 0.3) is 0 Å². The zero-order valence-corrected chi connectivity index (χ0v) is 9.57. The normalized spacial score (nSPS) is 17.9. The number of hydrogen-bond acceptors (Lipinski definition) is 2. The van der Waals surface area contributed by atoms with Crippen LogP contribution in [0.15, 0.2) is 5.38 Å². The summed E-state index contributed by atoms with van der Waals surface area (Å²) in [7, 11) is 0. The smallest absolute Gasteiger partial charge is 0.0515 e. The molecule has 0 bridgehead atoms. The van der Waals surface area contributed by atoms with E-state index in [-0.39, 0.29) is 6.10 Å². The maximum absolute atomic E-state index is 9.26. The number of fused-ring (bicyclic) bond motifs is 1. The number of aliphatic hydroxyl groups is 1. The molecule has 2 heteroatoms. The summed E-state index contributed by atoms with van der Waals surface area (Å²) in [5.41, 5.74) is 3.12. The summed E-state index contributed by atoms with van der Waals surface area (Å²) < 4.78 is 0. The van der Waals surface area contributed by atoms with Crippen molar-refractivity contribution in [3.63, 3.8) is 0 Å². The first-order valence-electron chi connectivity index (χ1n) is 5.53. The largest absolute Gasteiger partial charge is 0.393 e. The van der Waals surface area contributed by atoms with E-state index in [4.69, 9.17) is 0 Å². The van der Waals surface area contributed by atoms with Gasteiger partial charge in [0, 0.05) is 4.88 Å². The lowest BCUT2D eigenvalue weighted by Gasteiger charge is -2.13. The SMILES string of the molecule is C[C@H](O)CCc1csc2c1CCCC2. The van der Waals surface area contributed by atoms with Gasteiger partial charge in [0.15, 0.2) is 0 Å². The molecule has 0 aliphatic heterocycles. The Balaban J connectivity index is 2.06. The number of thiophene rings is 1. The van der Waals surface area contributed by atoms with Crippen LogP contribution in [0.25, 0.3) is 0 Å². The number of aryl methyl sites for hydroxylation is 2. The molecule has 0 amide bonds. The van der Waals surface area contributed by atoms with Gasteiger partial charge in [-0.2, -0.15) is 0 Å². The minimum atomic E-state index is -0.158. The first-order valence-corrected chi connectivity index (χ1v) is 6.41. The molecule has 1 aromatic rings. The number of hydrogen-bond donors (Lipinski definition) is 1. The summed E-state index contributed by atoms with van der Waals surface area (Å²) in [6.45, 7) is 1.87. The highest BCUT2D eigenvalue weighted by Crippen LogP contribution is 2.30. The van der Waals surface area contributed by atoms with Crippen LogP contribution in [-0.4, -0.2) is 11.2 Å². The Morgan fingerprint density at radius 2 is 2.21 bits per heavy atom. The molecule has 1 aliphatic rings. The summed E-state index contributed by atoms with van der Waals surface area (Å²) in [6, 6.07) is 0. The zero-order chi connectivity index (χ0) is 9.97.